The number of aryl methyl sites for hydroxylation is 2. The van der Waals surface area contributed by atoms with E-state index in [-0.39, 0.29) is 38.9 Å². The van der Waals surface area contributed by atoms with E-state index in [4.69, 9.17) is 0 Å². The smallest absolute Gasteiger partial charge is 0.336 e. The molecule has 0 bridgehead atoms. The van der Waals surface area contributed by atoms with Crippen molar-refractivity contribution in [2.24, 2.45) is 0 Å². The molecule has 0 aromatic heterocycles. The van der Waals surface area contributed by atoms with Crippen molar-refractivity contribution in [3.8, 4) is 0 Å². The minimum absolute atomic E-state index is 0.00603. The van der Waals surface area contributed by atoms with Crippen molar-refractivity contribution >= 4 is 27.6 Å². The zero-order valence-electron chi connectivity index (χ0n) is 15.5. The maximum absolute atomic E-state index is 14.3. The Hall–Kier alpha value is -2.07. The second kappa shape index (κ2) is 9.17. The van der Waals surface area contributed by atoms with Crippen LogP contribution in [0.2, 0.25) is 0 Å². The number of alkyl halides is 3. The summed E-state index contributed by atoms with van der Waals surface area (Å²) in [4.78, 5) is 11.4. The molecule has 0 amide bonds. The number of carboxylic acid groups (broad SMARTS) is 1. The molecule has 0 aliphatic carbocycles. The lowest BCUT2D eigenvalue weighted by molar-refractivity contribution is 0.0696. The molecule has 0 aliphatic heterocycles. The summed E-state index contributed by atoms with van der Waals surface area (Å²) in [6.45, 7) is 2.96. The summed E-state index contributed by atoms with van der Waals surface area (Å²) in [5.41, 5.74) is -2.27. The number of thioether (sulfide) groups is 1. The van der Waals surface area contributed by atoms with Crippen molar-refractivity contribution in [1.82, 2.24) is 0 Å². The summed E-state index contributed by atoms with van der Waals surface area (Å²) in [7, 11) is -4.02. The van der Waals surface area contributed by atoms with Crippen LogP contribution < -0.4 is 0 Å². The van der Waals surface area contributed by atoms with Crippen LogP contribution in [0.25, 0.3) is 0 Å². The predicted molar refractivity (Wildman–Crippen MR) is 102 cm³/mol. The second-order valence-electron chi connectivity index (χ2n) is 6.45. The number of aromatic carboxylic acids is 1. The van der Waals surface area contributed by atoms with Crippen LogP contribution >= 0.6 is 11.8 Å². The zero-order valence-corrected chi connectivity index (χ0v) is 17.1. The van der Waals surface area contributed by atoms with E-state index in [9.17, 15) is 35.9 Å². The van der Waals surface area contributed by atoms with Crippen molar-refractivity contribution in [3.05, 3.63) is 64.0 Å². The Morgan fingerprint density at radius 1 is 1.10 bits per heavy atom. The molecule has 1 atom stereocenters. The van der Waals surface area contributed by atoms with E-state index in [1.165, 1.54) is 19.1 Å². The molecule has 2 aromatic rings. The Bertz CT molecular complexity index is 1020. The van der Waals surface area contributed by atoms with Gasteiger partial charge in [0.05, 0.1) is 17.1 Å². The van der Waals surface area contributed by atoms with Gasteiger partial charge in [0.1, 0.15) is 5.82 Å². The number of hydrogen-bond donors (Lipinski definition) is 1. The zero-order chi connectivity index (χ0) is 21.9. The van der Waals surface area contributed by atoms with Gasteiger partial charge in [-0.15, -0.1) is 0 Å². The van der Waals surface area contributed by atoms with Gasteiger partial charge in [-0.3, -0.25) is 0 Å². The van der Waals surface area contributed by atoms with Gasteiger partial charge >= 0.3 is 5.97 Å². The van der Waals surface area contributed by atoms with Crippen LogP contribution in [-0.2, 0) is 21.3 Å². The Balaban J connectivity index is 2.35. The Labute approximate surface area is 169 Å². The van der Waals surface area contributed by atoms with Crippen molar-refractivity contribution in [2.75, 3.05) is 0 Å². The number of halogens is 4. The number of carbonyl (C=O) groups is 1. The third kappa shape index (κ3) is 5.96. The van der Waals surface area contributed by atoms with Gasteiger partial charge in [0.15, 0.2) is 9.84 Å². The van der Waals surface area contributed by atoms with Gasteiger partial charge in [-0.25, -0.2) is 30.8 Å². The molecule has 0 heterocycles. The van der Waals surface area contributed by atoms with E-state index in [0.717, 1.165) is 12.1 Å². The summed E-state index contributed by atoms with van der Waals surface area (Å²) >= 11 is 0.184. The largest absolute Gasteiger partial charge is 0.478 e. The van der Waals surface area contributed by atoms with Crippen LogP contribution in [0.5, 0.6) is 0 Å². The lowest BCUT2D eigenvalue weighted by atomic mass is 10.0. The van der Waals surface area contributed by atoms with Gasteiger partial charge < -0.3 is 5.11 Å². The van der Waals surface area contributed by atoms with Gasteiger partial charge in [-0.05, 0) is 48.7 Å². The third-order valence-corrected chi connectivity index (χ3v) is 6.77. The average Bonchev–Trinajstić information content (AvgIpc) is 2.60. The molecule has 2 rings (SSSR count). The first-order valence-electron chi connectivity index (χ1n) is 8.31. The number of hydrogen-bond acceptors (Lipinski definition) is 4. The quantitative estimate of drug-likeness (QED) is 0.457. The number of rotatable bonds is 8. The Morgan fingerprint density at radius 3 is 2.34 bits per heavy atom. The molecule has 4 nitrogen and oxygen atoms in total. The maximum atomic E-state index is 14.3. The van der Waals surface area contributed by atoms with Crippen molar-refractivity contribution in [2.45, 2.75) is 42.2 Å². The normalized spacial score (nSPS) is 12.9. The van der Waals surface area contributed by atoms with Crippen molar-refractivity contribution in [1.29, 1.82) is 0 Å². The molecule has 0 spiro atoms. The summed E-state index contributed by atoms with van der Waals surface area (Å²) < 4.78 is 77.8. The molecule has 158 valence electrons. The highest BCUT2D eigenvalue weighted by molar-refractivity contribution is 7.99. The highest BCUT2D eigenvalue weighted by Gasteiger charge is 2.24. The number of sulfone groups is 1. The van der Waals surface area contributed by atoms with Crippen molar-refractivity contribution in [3.63, 3.8) is 0 Å². The molecule has 1 unspecified atom stereocenters. The lowest BCUT2D eigenvalue weighted by Gasteiger charge is -2.14. The summed E-state index contributed by atoms with van der Waals surface area (Å²) in [5, 5.41) is 9.26. The SMILES string of the molecule is Cc1cc(F)c(CS(=O)(=O)Cc2c(C)cccc2C(=O)O)cc1SC(F)C(F)F. The fraction of sp³-hybridized carbons (Fsp3) is 0.316. The summed E-state index contributed by atoms with van der Waals surface area (Å²) in [6.07, 6.45) is -3.24. The number of benzene rings is 2. The molecular weight excluding hydrogens is 432 g/mol. The molecule has 0 saturated heterocycles. The summed E-state index contributed by atoms with van der Waals surface area (Å²) in [5.74, 6) is -3.59. The van der Waals surface area contributed by atoms with E-state index in [1.54, 1.807) is 13.0 Å². The van der Waals surface area contributed by atoms with Crippen LogP contribution in [0.15, 0.2) is 35.2 Å². The first kappa shape index (κ1) is 23.2. The Kier molecular flexibility index (Phi) is 7.34. The molecule has 10 heteroatoms. The lowest BCUT2D eigenvalue weighted by Crippen LogP contribution is -2.14. The first-order valence-corrected chi connectivity index (χ1v) is 11.0. The fourth-order valence-corrected chi connectivity index (χ4v) is 5.13. The third-order valence-electron chi connectivity index (χ3n) is 4.16. The molecule has 1 N–H and O–H groups in total. The van der Waals surface area contributed by atoms with Crippen LogP contribution in [0, 0.1) is 19.7 Å². The van der Waals surface area contributed by atoms with E-state index in [2.05, 4.69) is 0 Å². The van der Waals surface area contributed by atoms with Gasteiger partial charge in [-0.1, -0.05) is 23.9 Å². The molecule has 0 aliphatic rings. The van der Waals surface area contributed by atoms with Gasteiger partial charge in [0, 0.05) is 10.5 Å². The van der Waals surface area contributed by atoms with E-state index in [0.29, 0.717) is 5.56 Å². The molecular formula is C19H18F4O4S2. The van der Waals surface area contributed by atoms with Gasteiger partial charge in [0.25, 0.3) is 6.43 Å². The first-order chi connectivity index (χ1) is 13.4. The predicted octanol–water partition coefficient (Wildman–Crippen LogP) is 4.91. The van der Waals surface area contributed by atoms with E-state index >= 15 is 0 Å². The second-order valence-corrected chi connectivity index (χ2v) is 9.64. The minimum atomic E-state index is -4.02. The Morgan fingerprint density at radius 2 is 1.76 bits per heavy atom. The fourth-order valence-electron chi connectivity index (χ4n) is 2.71. The van der Waals surface area contributed by atoms with E-state index < -0.39 is 45.1 Å². The molecule has 29 heavy (non-hydrogen) atoms. The van der Waals surface area contributed by atoms with E-state index in [1.807, 2.05) is 0 Å². The maximum Gasteiger partial charge on any atom is 0.336 e. The molecule has 0 saturated carbocycles. The molecule has 2 aromatic carbocycles. The van der Waals surface area contributed by atoms with Crippen LogP contribution in [0.4, 0.5) is 17.6 Å². The molecule has 0 fully saturated rings. The highest BCUT2D eigenvalue weighted by atomic mass is 32.2. The highest BCUT2D eigenvalue weighted by Crippen LogP contribution is 2.33. The van der Waals surface area contributed by atoms with Crippen LogP contribution in [0.3, 0.4) is 0 Å². The van der Waals surface area contributed by atoms with Gasteiger partial charge in [-0.2, -0.15) is 0 Å². The van der Waals surface area contributed by atoms with Crippen molar-refractivity contribution < 1.29 is 35.9 Å². The monoisotopic (exact) mass is 450 g/mol. The molecule has 0 radical (unpaired) electrons. The topological polar surface area (TPSA) is 71.4 Å². The summed E-state index contributed by atoms with van der Waals surface area (Å²) in [6, 6.07) is 6.31. The average molecular weight is 450 g/mol. The van der Waals surface area contributed by atoms with Crippen LogP contribution in [0.1, 0.15) is 32.6 Å². The standard InChI is InChI=1S/C19H18F4O4S2/c1-10-4-3-5-13(19(24)25)14(10)9-29(26,27)8-12-7-16(11(2)6-15(12)20)28-18(23)17(21)22/h3-7,17-18H,8-9H2,1-2H3,(H,24,25). The van der Waals surface area contributed by atoms with Gasteiger partial charge in [0.2, 0.25) is 5.50 Å². The van der Waals surface area contributed by atoms with Crippen LogP contribution in [-0.4, -0.2) is 31.4 Å². The number of carboxylic acids is 1. The minimum Gasteiger partial charge on any atom is -0.478 e.